The van der Waals surface area contributed by atoms with Gasteiger partial charge in [-0.05, 0) is 12.6 Å². The average Bonchev–Trinajstić information content (AvgIpc) is 2.02. The van der Waals surface area contributed by atoms with E-state index >= 15 is 0 Å². The van der Waals surface area contributed by atoms with Crippen molar-refractivity contribution < 1.29 is 0 Å². The Hall–Kier alpha value is -0.870. The van der Waals surface area contributed by atoms with Crippen molar-refractivity contribution in [3.63, 3.8) is 0 Å². The normalized spacial score (nSPS) is 17.2. The number of aromatic nitrogens is 2. The number of hydrogen-bond donors (Lipinski definition) is 1. The van der Waals surface area contributed by atoms with Crippen LogP contribution in [0.1, 0.15) is 0 Å². The van der Waals surface area contributed by atoms with Gasteiger partial charge in [-0.25, -0.2) is 9.97 Å². The summed E-state index contributed by atoms with van der Waals surface area (Å²) in [6.07, 6.45) is 1.67. The first-order valence-electron chi connectivity index (χ1n) is 4.23. The second-order valence-corrected chi connectivity index (χ2v) is 3.57. The second-order valence-electron chi connectivity index (χ2n) is 3.19. The summed E-state index contributed by atoms with van der Waals surface area (Å²) in [4.78, 5) is 10.3. The van der Waals surface area contributed by atoms with Gasteiger partial charge in [-0.1, -0.05) is 11.6 Å². The van der Waals surface area contributed by atoms with E-state index in [2.05, 4.69) is 14.9 Å². The summed E-state index contributed by atoms with van der Waals surface area (Å²) in [6.45, 7) is 2.62. The van der Waals surface area contributed by atoms with Gasteiger partial charge in [0.15, 0.2) is 0 Å². The second kappa shape index (κ2) is 3.47. The third-order valence-electron chi connectivity index (χ3n) is 2.18. The Kier molecular flexibility index (Phi) is 2.33. The molecular formula is C8H11ClN4. The Morgan fingerprint density at radius 1 is 1.62 bits per heavy atom. The highest BCUT2D eigenvalue weighted by Gasteiger charge is 2.27. The van der Waals surface area contributed by atoms with Gasteiger partial charge >= 0.3 is 0 Å². The maximum atomic E-state index is 5.74. The number of hydrogen-bond acceptors (Lipinski definition) is 4. The van der Waals surface area contributed by atoms with E-state index in [9.17, 15) is 0 Å². The Morgan fingerprint density at radius 3 is 3.00 bits per heavy atom. The van der Waals surface area contributed by atoms with Crippen LogP contribution < -0.4 is 10.6 Å². The molecule has 0 aromatic carbocycles. The topological polar surface area (TPSA) is 55.0 Å². The van der Waals surface area contributed by atoms with Gasteiger partial charge in [0.05, 0.1) is 0 Å². The van der Waals surface area contributed by atoms with Crippen LogP contribution in [0.25, 0.3) is 0 Å². The van der Waals surface area contributed by atoms with Crippen molar-refractivity contribution in [1.29, 1.82) is 0 Å². The average molecular weight is 199 g/mol. The number of anilines is 1. The molecule has 4 nitrogen and oxygen atoms in total. The third-order valence-corrected chi connectivity index (χ3v) is 2.39. The molecule has 1 aliphatic heterocycles. The molecule has 1 aliphatic rings. The lowest BCUT2D eigenvalue weighted by Gasteiger charge is -2.38. The number of halogens is 1. The van der Waals surface area contributed by atoms with Crippen LogP contribution in [-0.2, 0) is 0 Å². The molecule has 2 rings (SSSR count). The zero-order valence-electron chi connectivity index (χ0n) is 7.15. The van der Waals surface area contributed by atoms with Crippen LogP contribution in [0.3, 0.4) is 0 Å². The van der Waals surface area contributed by atoms with E-state index in [0.717, 1.165) is 19.6 Å². The first kappa shape index (κ1) is 8.72. The molecular weight excluding hydrogens is 188 g/mol. The molecule has 1 fully saturated rings. The fourth-order valence-corrected chi connectivity index (χ4v) is 1.49. The summed E-state index contributed by atoms with van der Waals surface area (Å²) in [7, 11) is 0. The van der Waals surface area contributed by atoms with Crippen LogP contribution in [0.4, 0.5) is 5.95 Å². The highest BCUT2D eigenvalue weighted by Crippen LogP contribution is 2.20. The Balaban J connectivity index is 2.03. The molecule has 0 bridgehead atoms. The van der Waals surface area contributed by atoms with Crippen LogP contribution in [0.5, 0.6) is 0 Å². The summed E-state index contributed by atoms with van der Waals surface area (Å²) in [6, 6.07) is 1.67. The molecule has 2 N–H and O–H groups in total. The van der Waals surface area contributed by atoms with Crippen molar-refractivity contribution in [3.05, 3.63) is 17.4 Å². The largest absolute Gasteiger partial charge is 0.340 e. The van der Waals surface area contributed by atoms with Crippen LogP contribution in [-0.4, -0.2) is 29.6 Å². The smallest absolute Gasteiger partial charge is 0.226 e. The minimum absolute atomic E-state index is 0.487. The first-order chi connectivity index (χ1) is 6.29. The maximum absolute atomic E-state index is 5.74. The van der Waals surface area contributed by atoms with Crippen molar-refractivity contribution in [2.45, 2.75) is 0 Å². The van der Waals surface area contributed by atoms with Gasteiger partial charge in [0.2, 0.25) is 5.95 Å². The zero-order valence-corrected chi connectivity index (χ0v) is 7.91. The van der Waals surface area contributed by atoms with Gasteiger partial charge in [-0.2, -0.15) is 0 Å². The van der Waals surface area contributed by atoms with Gasteiger partial charge in [0.25, 0.3) is 0 Å². The zero-order chi connectivity index (χ0) is 9.26. The molecule has 70 valence electrons. The fraction of sp³-hybridized carbons (Fsp3) is 0.500. The van der Waals surface area contributed by atoms with E-state index in [1.807, 2.05) is 0 Å². The molecule has 0 atom stereocenters. The number of nitrogens with zero attached hydrogens (tertiary/aromatic N) is 3. The standard InChI is InChI=1S/C8H11ClN4/c9-7-1-2-11-8(12-7)13-4-6(3-10)5-13/h1-2,6H,3-5,10H2. The van der Waals surface area contributed by atoms with E-state index in [1.54, 1.807) is 12.3 Å². The van der Waals surface area contributed by atoms with Crippen molar-refractivity contribution in [3.8, 4) is 0 Å². The van der Waals surface area contributed by atoms with Crippen molar-refractivity contribution in [2.24, 2.45) is 11.7 Å². The Morgan fingerprint density at radius 2 is 2.38 bits per heavy atom. The maximum Gasteiger partial charge on any atom is 0.226 e. The molecule has 1 aromatic heterocycles. The van der Waals surface area contributed by atoms with E-state index in [-0.39, 0.29) is 0 Å². The summed E-state index contributed by atoms with van der Waals surface area (Å²) >= 11 is 5.74. The molecule has 1 saturated heterocycles. The molecule has 2 heterocycles. The molecule has 0 unspecified atom stereocenters. The SMILES string of the molecule is NCC1CN(c2nccc(Cl)n2)C1. The predicted octanol–water partition coefficient (Wildman–Crippen LogP) is 0.525. The molecule has 13 heavy (non-hydrogen) atoms. The molecule has 1 aromatic rings. The lowest BCUT2D eigenvalue weighted by atomic mass is 10.0. The van der Waals surface area contributed by atoms with E-state index in [0.29, 0.717) is 17.0 Å². The van der Waals surface area contributed by atoms with Gasteiger partial charge in [-0.15, -0.1) is 0 Å². The van der Waals surface area contributed by atoms with Gasteiger partial charge in [0.1, 0.15) is 5.15 Å². The number of rotatable bonds is 2. The fourth-order valence-electron chi connectivity index (χ4n) is 1.36. The molecule has 0 spiro atoms. The van der Waals surface area contributed by atoms with Gasteiger partial charge in [0, 0.05) is 25.2 Å². The predicted molar refractivity (Wildman–Crippen MR) is 51.8 cm³/mol. The Labute approximate surface area is 81.7 Å². The van der Waals surface area contributed by atoms with E-state index < -0.39 is 0 Å². The minimum atomic E-state index is 0.487. The van der Waals surface area contributed by atoms with Crippen LogP contribution in [0, 0.1) is 5.92 Å². The van der Waals surface area contributed by atoms with Crippen molar-refractivity contribution >= 4 is 17.5 Å². The summed E-state index contributed by atoms with van der Waals surface area (Å²) in [5.74, 6) is 1.29. The highest BCUT2D eigenvalue weighted by molar-refractivity contribution is 6.29. The summed E-state index contributed by atoms with van der Waals surface area (Å²) in [5.41, 5.74) is 5.51. The highest BCUT2D eigenvalue weighted by atomic mass is 35.5. The monoisotopic (exact) mass is 198 g/mol. The van der Waals surface area contributed by atoms with Crippen LogP contribution in [0.2, 0.25) is 5.15 Å². The van der Waals surface area contributed by atoms with Crippen molar-refractivity contribution in [1.82, 2.24) is 9.97 Å². The Bertz CT molecular complexity index is 298. The minimum Gasteiger partial charge on any atom is -0.340 e. The van der Waals surface area contributed by atoms with Gasteiger partial charge in [-0.3, -0.25) is 0 Å². The van der Waals surface area contributed by atoms with Gasteiger partial charge < -0.3 is 10.6 Å². The quantitative estimate of drug-likeness (QED) is 0.705. The number of nitrogens with two attached hydrogens (primary N) is 1. The molecule has 0 radical (unpaired) electrons. The molecule has 0 amide bonds. The third kappa shape index (κ3) is 1.73. The summed E-state index contributed by atoms with van der Waals surface area (Å²) < 4.78 is 0. The lowest BCUT2D eigenvalue weighted by Crippen LogP contribution is -2.50. The van der Waals surface area contributed by atoms with Crippen molar-refractivity contribution in [2.75, 3.05) is 24.5 Å². The van der Waals surface area contributed by atoms with Crippen LogP contribution >= 0.6 is 11.6 Å². The summed E-state index contributed by atoms with van der Waals surface area (Å²) in [5, 5.41) is 0.487. The first-order valence-corrected chi connectivity index (χ1v) is 4.61. The molecule has 0 saturated carbocycles. The lowest BCUT2D eigenvalue weighted by molar-refractivity contribution is 0.413. The van der Waals surface area contributed by atoms with E-state index in [1.165, 1.54) is 0 Å². The molecule has 0 aliphatic carbocycles. The van der Waals surface area contributed by atoms with E-state index in [4.69, 9.17) is 17.3 Å². The van der Waals surface area contributed by atoms with Crippen LogP contribution in [0.15, 0.2) is 12.3 Å². The molecule has 5 heteroatoms.